The molecule has 1 amide bonds. The number of rotatable bonds is 6. The van der Waals surface area contributed by atoms with E-state index in [1.165, 1.54) is 6.07 Å². The lowest BCUT2D eigenvalue weighted by atomic mass is 10.2. The summed E-state index contributed by atoms with van der Waals surface area (Å²) in [5.41, 5.74) is 0.922. The van der Waals surface area contributed by atoms with Crippen LogP contribution in [0.25, 0.3) is 0 Å². The quantitative estimate of drug-likeness (QED) is 0.842. The van der Waals surface area contributed by atoms with E-state index in [-0.39, 0.29) is 5.75 Å². The second-order valence-electron chi connectivity index (χ2n) is 4.19. The third-order valence-electron chi connectivity index (χ3n) is 2.37. The Hall–Kier alpha value is -1.87. The number of nitrogens with zero attached hydrogens (tertiary/aromatic N) is 1. The summed E-state index contributed by atoms with van der Waals surface area (Å²) in [6, 6.07) is 8.32. The van der Waals surface area contributed by atoms with Gasteiger partial charge in [0.2, 0.25) is 5.91 Å². The van der Waals surface area contributed by atoms with Gasteiger partial charge in [-0.25, -0.2) is 8.42 Å². The number of carbonyl (C=O) groups is 1. The van der Waals surface area contributed by atoms with Gasteiger partial charge in [-0.05, 0) is 24.1 Å². The van der Waals surface area contributed by atoms with E-state index in [1.54, 1.807) is 18.2 Å². The molecule has 5 nitrogen and oxygen atoms in total. The van der Waals surface area contributed by atoms with E-state index in [0.717, 1.165) is 6.42 Å². The van der Waals surface area contributed by atoms with Crippen molar-refractivity contribution in [1.82, 2.24) is 5.32 Å². The molecule has 0 radical (unpaired) electrons. The molecule has 0 bridgehead atoms. The second-order valence-corrected chi connectivity index (χ2v) is 6.26. The molecule has 0 aliphatic heterocycles. The van der Waals surface area contributed by atoms with Crippen LogP contribution in [0, 0.1) is 11.3 Å². The van der Waals surface area contributed by atoms with E-state index in [2.05, 4.69) is 5.32 Å². The zero-order chi connectivity index (χ0) is 14.3. The van der Waals surface area contributed by atoms with Crippen LogP contribution in [0.1, 0.15) is 24.5 Å². The van der Waals surface area contributed by atoms with Gasteiger partial charge < -0.3 is 5.32 Å². The van der Waals surface area contributed by atoms with E-state index in [1.807, 2.05) is 13.0 Å². The molecule has 0 saturated heterocycles. The maximum Gasteiger partial charge on any atom is 0.235 e. The van der Waals surface area contributed by atoms with Crippen LogP contribution < -0.4 is 5.32 Å². The van der Waals surface area contributed by atoms with Crippen molar-refractivity contribution in [3.63, 3.8) is 0 Å². The lowest BCUT2D eigenvalue weighted by molar-refractivity contribution is -0.118. The second kappa shape index (κ2) is 6.90. The van der Waals surface area contributed by atoms with Gasteiger partial charge in [-0.3, -0.25) is 4.79 Å². The summed E-state index contributed by atoms with van der Waals surface area (Å²) in [7, 11) is -3.51. The largest absolute Gasteiger partial charge is 0.355 e. The minimum absolute atomic E-state index is 0.234. The first-order valence-electron chi connectivity index (χ1n) is 5.93. The van der Waals surface area contributed by atoms with Crippen molar-refractivity contribution in [3.8, 4) is 6.07 Å². The molecule has 0 fully saturated rings. The Labute approximate surface area is 113 Å². The van der Waals surface area contributed by atoms with Crippen LogP contribution in [-0.2, 0) is 20.4 Å². The summed E-state index contributed by atoms with van der Waals surface area (Å²) in [5, 5.41) is 11.3. The number of amides is 1. The van der Waals surface area contributed by atoms with Gasteiger partial charge >= 0.3 is 0 Å². The summed E-state index contributed by atoms with van der Waals surface area (Å²) in [5.74, 6) is -1.25. The zero-order valence-electron chi connectivity index (χ0n) is 10.7. The predicted octanol–water partition coefficient (Wildman–Crippen LogP) is 0.999. The SMILES string of the molecule is CCCNC(=O)CS(=O)(=O)Cc1cccc(C#N)c1. The topological polar surface area (TPSA) is 87.0 Å². The summed E-state index contributed by atoms with van der Waals surface area (Å²) in [6.07, 6.45) is 0.760. The first-order chi connectivity index (χ1) is 8.96. The fourth-order valence-electron chi connectivity index (χ4n) is 1.55. The standard InChI is InChI=1S/C13H16N2O3S/c1-2-6-15-13(16)10-19(17,18)9-12-5-3-4-11(7-12)8-14/h3-5,7H,2,6,9-10H2,1H3,(H,15,16). The monoisotopic (exact) mass is 280 g/mol. The highest BCUT2D eigenvalue weighted by molar-refractivity contribution is 7.91. The lowest BCUT2D eigenvalue weighted by Crippen LogP contribution is -2.31. The fraction of sp³-hybridized carbons (Fsp3) is 0.385. The third-order valence-corrected chi connectivity index (χ3v) is 3.84. The van der Waals surface area contributed by atoms with Crippen LogP contribution in [0.4, 0.5) is 0 Å². The molecule has 102 valence electrons. The van der Waals surface area contributed by atoms with E-state index < -0.39 is 21.5 Å². The van der Waals surface area contributed by atoms with Crippen LogP contribution in [0.5, 0.6) is 0 Å². The van der Waals surface area contributed by atoms with Crippen molar-refractivity contribution < 1.29 is 13.2 Å². The number of nitrogens with one attached hydrogen (secondary N) is 1. The van der Waals surface area contributed by atoms with E-state index in [0.29, 0.717) is 17.7 Å². The molecule has 0 aliphatic carbocycles. The van der Waals surface area contributed by atoms with Crippen LogP contribution in [0.15, 0.2) is 24.3 Å². The molecule has 19 heavy (non-hydrogen) atoms. The molecule has 1 aromatic carbocycles. The number of hydrogen-bond acceptors (Lipinski definition) is 4. The number of nitriles is 1. The average molecular weight is 280 g/mol. The Balaban J connectivity index is 2.69. The molecule has 1 N–H and O–H groups in total. The molecule has 1 aromatic rings. The molecule has 6 heteroatoms. The Kier molecular flexibility index (Phi) is 5.52. The Morgan fingerprint density at radius 1 is 1.42 bits per heavy atom. The average Bonchev–Trinajstić information content (AvgIpc) is 2.35. The zero-order valence-corrected chi connectivity index (χ0v) is 11.5. The number of carbonyl (C=O) groups excluding carboxylic acids is 1. The molecule has 0 aliphatic rings. The van der Waals surface area contributed by atoms with Gasteiger partial charge in [-0.15, -0.1) is 0 Å². The highest BCUT2D eigenvalue weighted by Crippen LogP contribution is 2.09. The lowest BCUT2D eigenvalue weighted by Gasteiger charge is -2.05. The van der Waals surface area contributed by atoms with E-state index >= 15 is 0 Å². The maximum absolute atomic E-state index is 11.8. The van der Waals surface area contributed by atoms with Crippen molar-refractivity contribution in [2.75, 3.05) is 12.3 Å². The van der Waals surface area contributed by atoms with Gasteiger partial charge in [0, 0.05) is 6.54 Å². The van der Waals surface area contributed by atoms with Crippen LogP contribution in [0.2, 0.25) is 0 Å². The molecular formula is C13H16N2O3S. The van der Waals surface area contributed by atoms with Gasteiger partial charge in [0.1, 0.15) is 5.75 Å². The summed E-state index contributed by atoms with van der Waals surface area (Å²) in [4.78, 5) is 11.4. The normalized spacial score (nSPS) is 10.7. The molecule has 0 atom stereocenters. The fourth-order valence-corrected chi connectivity index (χ4v) is 2.84. The molecule has 1 rings (SSSR count). The van der Waals surface area contributed by atoms with Crippen molar-refractivity contribution in [1.29, 1.82) is 5.26 Å². The Morgan fingerprint density at radius 3 is 2.79 bits per heavy atom. The molecule has 0 heterocycles. The Bertz CT molecular complexity index is 588. The minimum atomic E-state index is -3.51. The highest BCUT2D eigenvalue weighted by Gasteiger charge is 2.17. The highest BCUT2D eigenvalue weighted by atomic mass is 32.2. The van der Waals surface area contributed by atoms with Crippen LogP contribution >= 0.6 is 0 Å². The number of sulfone groups is 1. The number of hydrogen-bond donors (Lipinski definition) is 1. The van der Waals surface area contributed by atoms with Crippen LogP contribution in [-0.4, -0.2) is 26.6 Å². The van der Waals surface area contributed by atoms with E-state index in [9.17, 15) is 13.2 Å². The first-order valence-corrected chi connectivity index (χ1v) is 7.75. The smallest absolute Gasteiger partial charge is 0.235 e. The van der Waals surface area contributed by atoms with Gasteiger partial charge in [0.15, 0.2) is 9.84 Å². The molecule has 0 unspecified atom stereocenters. The van der Waals surface area contributed by atoms with Crippen molar-refractivity contribution in [3.05, 3.63) is 35.4 Å². The van der Waals surface area contributed by atoms with E-state index in [4.69, 9.17) is 5.26 Å². The molecule has 0 saturated carbocycles. The van der Waals surface area contributed by atoms with Gasteiger partial charge in [-0.2, -0.15) is 5.26 Å². The molecule has 0 spiro atoms. The van der Waals surface area contributed by atoms with Gasteiger partial charge in [0.25, 0.3) is 0 Å². The van der Waals surface area contributed by atoms with Gasteiger partial charge in [-0.1, -0.05) is 19.1 Å². The Morgan fingerprint density at radius 2 is 2.16 bits per heavy atom. The summed E-state index contributed by atoms with van der Waals surface area (Å²) < 4.78 is 23.7. The first kappa shape index (κ1) is 15.2. The number of benzene rings is 1. The van der Waals surface area contributed by atoms with Crippen molar-refractivity contribution in [2.24, 2.45) is 0 Å². The van der Waals surface area contributed by atoms with Crippen molar-refractivity contribution >= 4 is 15.7 Å². The van der Waals surface area contributed by atoms with Gasteiger partial charge in [0.05, 0.1) is 17.4 Å². The predicted molar refractivity (Wildman–Crippen MR) is 71.9 cm³/mol. The molecule has 0 aromatic heterocycles. The third kappa shape index (κ3) is 5.53. The van der Waals surface area contributed by atoms with Crippen molar-refractivity contribution in [2.45, 2.75) is 19.1 Å². The summed E-state index contributed by atoms with van der Waals surface area (Å²) in [6.45, 7) is 2.36. The van der Waals surface area contributed by atoms with Crippen LogP contribution in [0.3, 0.4) is 0 Å². The summed E-state index contributed by atoms with van der Waals surface area (Å²) >= 11 is 0. The minimum Gasteiger partial charge on any atom is -0.355 e. The molecular weight excluding hydrogens is 264 g/mol. The maximum atomic E-state index is 11.8.